The number of anilines is 1. The van der Waals surface area contributed by atoms with Gasteiger partial charge in [0.1, 0.15) is 11.9 Å². The Morgan fingerprint density at radius 1 is 1.07 bits per heavy atom. The van der Waals surface area contributed by atoms with Crippen molar-refractivity contribution in [3.63, 3.8) is 0 Å². The highest BCUT2D eigenvalue weighted by Gasteiger charge is 2.24. The number of ether oxygens (including phenoxy) is 1. The third-order valence-corrected chi connectivity index (χ3v) is 5.82. The van der Waals surface area contributed by atoms with Crippen molar-refractivity contribution in [1.82, 2.24) is 5.32 Å². The first-order chi connectivity index (χ1) is 14.6. The van der Waals surface area contributed by atoms with Crippen molar-refractivity contribution in [2.45, 2.75) is 58.0 Å². The molecule has 0 aromatic heterocycles. The fourth-order valence-corrected chi connectivity index (χ4v) is 4.17. The van der Waals surface area contributed by atoms with Gasteiger partial charge in [0.2, 0.25) is 0 Å². The Kier molecular flexibility index (Phi) is 8.14. The molecule has 0 aliphatic heterocycles. The van der Waals surface area contributed by atoms with Gasteiger partial charge in [-0.2, -0.15) is 0 Å². The topological polar surface area (TPSA) is 67.4 Å². The third-order valence-electron chi connectivity index (χ3n) is 5.49. The summed E-state index contributed by atoms with van der Waals surface area (Å²) in [7, 11) is 0. The fourth-order valence-electron chi connectivity index (χ4n) is 3.95. The van der Waals surface area contributed by atoms with Gasteiger partial charge in [0.15, 0.2) is 0 Å². The molecule has 3 rings (SSSR count). The van der Waals surface area contributed by atoms with E-state index in [-0.39, 0.29) is 11.7 Å². The van der Waals surface area contributed by atoms with E-state index in [1.807, 2.05) is 12.1 Å². The highest BCUT2D eigenvalue weighted by atomic mass is 35.5. The summed E-state index contributed by atoms with van der Waals surface area (Å²) in [6, 6.07) is 13.2. The average molecular weight is 429 g/mol. The predicted octanol–water partition coefficient (Wildman–Crippen LogP) is 6.43. The molecule has 3 amide bonds. The van der Waals surface area contributed by atoms with E-state index in [9.17, 15) is 9.59 Å². The average Bonchev–Trinajstić information content (AvgIpc) is 2.75. The van der Waals surface area contributed by atoms with Crippen molar-refractivity contribution in [3.05, 3.63) is 59.1 Å². The van der Waals surface area contributed by atoms with Gasteiger partial charge in [0.05, 0.1) is 10.6 Å². The number of urea groups is 1. The van der Waals surface area contributed by atoms with E-state index in [2.05, 4.69) is 17.6 Å². The molecule has 1 fully saturated rings. The number of carbonyl (C=O) groups excluding carboxylic acids is 2. The number of imide groups is 1. The molecular weight excluding hydrogens is 400 g/mol. The molecule has 1 unspecified atom stereocenters. The highest BCUT2D eigenvalue weighted by molar-refractivity contribution is 6.34. The molecule has 0 heterocycles. The second-order valence-electron chi connectivity index (χ2n) is 7.76. The largest absolute Gasteiger partial charge is 0.490 e. The van der Waals surface area contributed by atoms with Gasteiger partial charge < -0.3 is 10.1 Å². The van der Waals surface area contributed by atoms with Crippen LogP contribution in [-0.2, 0) is 0 Å². The molecule has 0 radical (unpaired) electrons. The molecule has 1 atom stereocenters. The minimum absolute atomic E-state index is 0.241. The first kappa shape index (κ1) is 22.2. The van der Waals surface area contributed by atoms with E-state index < -0.39 is 11.9 Å². The maximum Gasteiger partial charge on any atom is 0.326 e. The normalized spacial score (nSPS) is 15.3. The Morgan fingerprint density at radius 3 is 2.43 bits per heavy atom. The Hall–Kier alpha value is -2.53. The molecule has 30 heavy (non-hydrogen) atoms. The maximum absolute atomic E-state index is 12.2. The minimum atomic E-state index is -0.611. The van der Waals surface area contributed by atoms with Gasteiger partial charge in [-0.25, -0.2) is 4.79 Å². The van der Waals surface area contributed by atoms with E-state index in [4.69, 9.17) is 16.3 Å². The summed E-state index contributed by atoms with van der Waals surface area (Å²) in [5.41, 5.74) is 0.833. The summed E-state index contributed by atoms with van der Waals surface area (Å²) in [6.45, 7) is 2.19. The van der Waals surface area contributed by atoms with Crippen LogP contribution < -0.4 is 15.4 Å². The van der Waals surface area contributed by atoms with Crippen molar-refractivity contribution in [2.75, 3.05) is 5.32 Å². The fraction of sp³-hybridized carbons (Fsp3) is 0.417. The van der Waals surface area contributed by atoms with Crippen LogP contribution in [0.15, 0.2) is 48.5 Å². The van der Waals surface area contributed by atoms with Gasteiger partial charge in [-0.1, -0.05) is 56.3 Å². The van der Waals surface area contributed by atoms with E-state index in [1.165, 1.54) is 32.1 Å². The number of hydrogen-bond donors (Lipinski definition) is 2. The summed E-state index contributed by atoms with van der Waals surface area (Å²) < 4.78 is 6.29. The summed E-state index contributed by atoms with van der Waals surface area (Å²) in [4.78, 5) is 24.3. The maximum atomic E-state index is 12.2. The van der Waals surface area contributed by atoms with Crippen molar-refractivity contribution < 1.29 is 14.3 Å². The number of amides is 3. The number of hydrogen-bond acceptors (Lipinski definition) is 3. The lowest BCUT2D eigenvalue weighted by atomic mass is 9.83. The van der Waals surface area contributed by atoms with Crippen molar-refractivity contribution in [1.29, 1.82) is 0 Å². The molecule has 1 aliphatic rings. The summed E-state index contributed by atoms with van der Waals surface area (Å²) >= 11 is 5.99. The molecule has 1 aliphatic carbocycles. The highest BCUT2D eigenvalue weighted by Crippen LogP contribution is 2.31. The van der Waals surface area contributed by atoms with Crippen molar-refractivity contribution in [3.8, 4) is 5.75 Å². The van der Waals surface area contributed by atoms with E-state index in [1.54, 1.807) is 36.4 Å². The number of rotatable bonds is 7. The van der Waals surface area contributed by atoms with Gasteiger partial charge in [-0.05, 0) is 61.6 Å². The minimum Gasteiger partial charge on any atom is -0.490 e. The quantitative estimate of drug-likeness (QED) is 0.533. The molecule has 2 aromatic rings. The molecule has 0 spiro atoms. The molecule has 2 aromatic carbocycles. The zero-order valence-corrected chi connectivity index (χ0v) is 18.1. The van der Waals surface area contributed by atoms with Crippen LogP contribution in [-0.4, -0.2) is 18.0 Å². The molecule has 0 bridgehead atoms. The Labute approximate surface area is 183 Å². The monoisotopic (exact) mass is 428 g/mol. The SMILES string of the molecule is CCCC(Oc1ccc(NC(=O)NC(=O)c2ccccc2Cl)cc1)C1CCCCC1. The summed E-state index contributed by atoms with van der Waals surface area (Å²) in [5.74, 6) is 0.878. The zero-order valence-electron chi connectivity index (χ0n) is 17.3. The number of halogens is 1. The first-order valence-corrected chi connectivity index (χ1v) is 11.1. The van der Waals surface area contributed by atoms with Gasteiger partial charge >= 0.3 is 6.03 Å². The lowest BCUT2D eigenvalue weighted by Crippen LogP contribution is -2.34. The summed E-state index contributed by atoms with van der Waals surface area (Å²) in [5, 5.41) is 5.24. The Balaban J connectivity index is 1.55. The molecule has 1 saturated carbocycles. The second-order valence-corrected chi connectivity index (χ2v) is 8.16. The van der Waals surface area contributed by atoms with Crippen molar-refractivity contribution >= 4 is 29.2 Å². The van der Waals surface area contributed by atoms with Crippen LogP contribution in [0.1, 0.15) is 62.2 Å². The molecular formula is C24H29ClN2O3. The van der Waals surface area contributed by atoms with Gasteiger partial charge in [0, 0.05) is 5.69 Å². The molecule has 2 N–H and O–H groups in total. The molecule has 0 saturated heterocycles. The standard InChI is InChI=1S/C24H29ClN2O3/c1-2-8-22(17-9-4-3-5-10-17)30-19-15-13-18(14-16-19)26-24(29)27-23(28)20-11-6-7-12-21(20)25/h6-7,11-17,22H,2-5,8-10H2,1H3,(H2,26,27,28,29). The van der Waals surface area contributed by atoms with E-state index >= 15 is 0 Å². The molecule has 6 heteroatoms. The molecule has 5 nitrogen and oxygen atoms in total. The number of carbonyl (C=O) groups is 2. The lowest BCUT2D eigenvalue weighted by Gasteiger charge is -2.30. The van der Waals surface area contributed by atoms with Crippen LogP contribution in [0.3, 0.4) is 0 Å². The lowest BCUT2D eigenvalue weighted by molar-refractivity contribution is 0.0966. The van der Waals surface area contributed by atoms with Crippen LogP contribution in [0.5, 0.6) is 5.75 Å². The number of nitrogens with one attached hydrogen (secondary N) is 2. The smallest absolute Gasteiger partial charge is 0.326 e. The Morgan fingerprint density at radius 2 is 1.77 bits per heavy atom. The second kappa shape index (κ2) is 11.0. The third kappa shape index (κ3) is 6.23. The van der Waals surface area contributed by atoms with Crippen LogP contribution in [0.2, 0.25) is 5.02 Å². The molecule has 160 valence electrons. The van der Waals surface area contributed by atoms with Crippen molar-refractivity contribution in [2.24, 2.45) is 5.92 Å². The Bertz CT molecular complexity index is 848. The number of benzene rings is 2. The van der Waals surface area contributed by atoms with Gasteiger partial charge in [-0.15, -0.1) is 0 Å². The summed E-state index contributed by atoms with van der Waals surface area (Å²) in [6.07, 6.45) is 8.78. The van der Waals surface area contributed by atoms with Crippen LogP contribution >= 0.6 is 11.6 Å². The van der Waals surface area contributed by atoms with Crippen LogP contribution in [0.4, 0.5) is 10.5 Å². The van der Waals surface area contributed by atoms with Gasteiger partial charge in [0.25, 0.3) is 5.91 Å². The van der Waals surface area contributed by atoms with Crippen LogP contribution in [0, 0.1) is 5.92 Å². The van der Waals surface area contributed by atoms with Crippen LogP contribution in [0.25, 0.3) is 0 Å². The van der Waals surface area contributed by atoms with E-state index in [0.717, 1.165) is 18.6 Å². The predicted molar refractivity (Wildman–Crippen MR) is 120 cm³/mol. The van der Waals surface area contributed by atoms with E-state index in [0.29, 0.717) is 16.6 Å². The first-order valence-electron chi connectivity index (χ1n) is 10.7. The zero-order chi connectivity index (χ0) is 21.3. The van der Waals surface area contributed by atoms with Gasteiger partial charge in [-0.3, -0.25) is 10.1 Å².